The summed E-state index contributed by atoms with van der Waals surface area (Å²) in [6.45, 7) is 2.78. The van der Waals surface area contributed by atoms with E-state index in [9.17, 15) is 9.69 Å². The molecule has 0 saturated heterocycles. The predicted molar refractivity (Wildman–Crippen MR) is 93.4 cm³/mol. The summed E-state index contributed by atoms with van der Waals surface area (Å²) < 4.78 is 14.6. The fourth-order valence-electron chi connectivity index (χ4n) is 1.31. The molecule has 0 aliphatic rings. The van der Waals surface area contributed by atoms with Gasteiger partial charge < -0.3 is 29.5 Å². The molecule has 2 atom stereocenters. The zero-order valence-electron chi connectivity index (χ0n) is 14.6. The van der Waals surface area contributed by atoms with Gasteiger partial charge >= 0.3 is 0 Å². The Labute approximate surface area is 140 Å². The molecular formula is C14H30N3O5P. The summed E-state index contributed by atoms with van der Waals surface area (Å²) in [4.78, 5) is 25.5. The molecule has 23 heavy (non-hydrogen) atoms. The Morgan fingerprint density at radius 1 is 1.43 bits per heavy atom. The molecule has 0 saturated carbocycles. The smallest absolute Gasteiger partial charge is 0.213 e. The van der Waals surface area contributed by atoms with Gasteiger partial charge in [0, 0.05) is 40.7 Å². The van der Waals surface area contributed by atoms with E-state index >= 15 is 0 Å². The maximum absolute atomic E-state index is 11.0. The minimum Gasteiger partial charge on any atom is -0.388 e. The van der Waals surface area contributed by atoms with Gasteiger partial charge in [0.1, 0.15) is 5.84 Å². The number of nitrogens with zero attached hydrogens (tertiary/aromatic N) is 2. The van der Waals surface area contributed by atoms with Crippen LogP contribution in [0.3, 0.4) is 0 Å². The van der Waals surface area contributed by atoms with Gasteiger partial charge in [0.2, 0.25) is 6.41 Å². The Hall–Kier alpha value is -1.05. The molecule has 0 rings (SSSR count). The first-order valence-corrected chi connectivity index (χ1v) is 8.52. The highest BCUT2D eigenvalue weighted by molar-refractivity contribution is 7.46. The highest BCUT2D eigenvalue weighted by Crippen LogP contribution is 2.28. The molecule has 0 aromatic heterocycles. The third kappa shape index (κ3) is 15.6. The van der Waals surface area contributed by atoms with Crippen LogP contribution in [0.1, 0.15) is 13.3 Å². The second kappa shape index (κ2) is 17.3. The number of methoxy groups -OCH3 is 1. The lowest BCUT2D eigenvalue weighted by Gasteiger charge is -2.21. The number of hydrogen-bond acceptors (Lipinski definition) is 6. The van der Waals surface area contributed by atoms with Crippen LogP contribution in [0.5, 0.6) is 0 Å². The monoisotopic (exact) mass is 351 g/mol. The minimum absolute atomic E-state index is 0.107. The Balaban J connectivity index is 0. The van der Waals surface area contributed by atoms with E-state index in [0.717, 1.165) is 6.42 Å². The molecule has 8 nitrogen and oxygen atoms in total. The van der Waals surface area contributed by atoms with E-state index in [1.165, 1.54) is 12.0 Å². The lowest BCUT2D eigenvalue weighted by atomic mass is 10.2. The van der Waals surface area contributed by atoms with Crippen LogP contribution in [-0.4, -0.2) is 75.8 Å². The summed E-state index contributed by atoms with van der Waals surface area (Å²) >= 11 is 0. The SMILES string of the molecule is CCC(CN(C=O)/C=C\C(N)=NC)OCCP(O)OC.COC. The second-order valence-corrected chi connectivity index (χ2v) is 5.85. The van der Waals surface area contributed by atoms with Gasteiger partial charge in [-0.3, -0.25) is 9.79 Å². The van der Waals surface area contributed by atoms with Gasteiger partial charge in [0.25, 0.3) is 0 Å². The molecule has 0 aliphatic heterocycles. The molecule has 9 heteroatoms. The lowest BCUT2D eigenvalue weighted by Crippen LogP contribution is -2.30. The van der Waals surface area contributed by atoms with Crippen LogP contribution >= 0.6 is 8.38 Å². The van der Waals surface area contributed by atoms with Gasteiger partial charge in [-0.15, -0.1) is 0 Å². The van der Waals surface area contributed by atoms with Gasteiger partial charge in [-0.05, 0) is 12.5 Å². The molecule has 0 radical (unpaired) electrons. The fraction of sp³-hybridized carbons (Fsp3) is 0.714. The topological polar surface area (TPSA) is 107 Å². The summed E-state index contributed by atoms with van der Waals surface area (Å²) in [5.41, 5.74) is 5.52. The number of amides is 1. The maximum atomic E-state index is 11.0. The van der Waals surface area contributed by atoms with Gasteiger partial charge in [-0.2, -0.15) is 0 Å². The van der Waals surface area contributed by atoms with Gasteiger partial charge in [-0.1, -0.05) is 6.92 Å². The van der Waals surface area contributed by atoms with E-state index < -0.39 is 8.38 Å². The van der Waals surface area contributed by atoms with E-state index in [-0.39, 0.29) is 6.10 Å². The number of carbonyl (C=O) groups is 1. The molecule has 0 fully saturated rings. The number of aliphatic imine (C=N–C) groups is 1. The van der Waals surface area contributed by atoms with E-state index in [1.54, 1.807) is 33.5 Å². The Morgan fingerprint density at radius 3 is 2.48 bits per heavy atom. The van der Waals surface area contributed by atoms with Gasteiger partial charge in [-0.25, -0.2) is 0 Å². The number of nitrogens with two attached hydrogens (primary N) is 1. The quantitative estimate of drug-likeness (QED) is 0.248. The number of ether oxygens (including phenoxy) is 2. The molecule has 0 aliphatic carbocycles. The highest BCUT2D eigenvalue weighted by Gasteiger charge is 2.11. The van der Waals surface area contributed by atoms with Crippen molar-refractivity contribution in [2.75, 3.05) is 47.7 Å². The van der Waals surface area contributed by atoms with Crippen molar-refractivity contribution in [1.29, 1.82) is 0 Å². The number of carbonyl (C=O) groups excluding carboxylic acids is 1. The third-order valence-corrected chi connectivity index (χ3v) is 3.53. The summed E-state index contributed by atoms with van der Waals surface area (Å²) in [5, 5.41) is 0. The first kappa shape index (κ1) is 24.2. The van der Waals surface area contributed by atoms with Crippen molar-refractivity contribution in [3.05, 3.63) is 12.3 Å². The molecule has 3 N–H and O–H groups in total. The van der Waals surface area contributed by atoms with Crippen LogP contribution in [0.25, 0.3) is 0 Å². The van der Waals surface area contributed by atoms with Crippen LogP contribution in [0, 0.1) is 0 Å². The molecule has 1 amide bonds. The summed E-state index contributed by atoms with van der Waals surface area (Å²) in [7, 11) is 4.88. The van der Waals surface area contributed by atoms with Crippen molar-refractivity contribution in [1.82, 2.24) is 4.90 Å². The van der Waals surface area contributed by atoms with Crippen molar-refractivity contribution >= 4 is 20.6 Å². The van der Waals surface area contributed by atoms with E-state index in [4.69, 9.17) is 15.0 Å². The second-order valence-electron chi connectivity index (χ2n) is 4.33. The van der Waals surface area contributed by atoms with E-state index in [2.05, 4.69) is 9.73 Å². The summed E-state index contributed by atoms with van der Waals surface area (Å²) in [6.07, 6.45) is 4.93. The zero-order valence-corrected chi connectivity index (χ0v) is 15.5. The third-order valence-electron chi connectivity index (χ3n) is 2.55. The highest BCUT2D eigenvalue weighted by atomic mass is 31.2. The van der Waals surface area contributed by atoms with Crippen LogP contribution in [0.15, 0.2) is 17.3 Å². The first-order valence-electron chi connectivity index (χ1n) is 7.12. The average Bonchev–Trinajstić information content (AvgIpc) is 2.56. The zero-order chi connectivity index (χ0) is 18.1. The van der Waals surface area contributed by atoms with Crippen molar-refractivity contribution in [3.63, 3.8) is 0 Å². The van der Waals surface area contributed by atoms with Crippen molar-refractivity contribution in [3.8, 4) is 0 Å². The molecular weight excluding hydrogens is 321 g/mol. The summed E-state index contributed by atoms with van der Waals surface area (Å²) in [6, 6.07) is 0. The first-order chi connectivity index (χ1) is 11.0. The fourth-order valence-corrected chi connectivity index (χ4v) is 1.75. The Morgan fingerprint density at radius 2 is 2.04 bits per heavy atom. The number of amidine groups is 1. The molecule has 0 bridgehead atoms. The predicted octanol–water partition coefficient (Wildman–Crippen LogP) is 0.954. The van der Waals surface area contributed by atoms with Crippen LogP contribution in [0.4, 0.5) is 0 Å². The van der Waals surface area contributed by atoms with Crippen LogP contribution < -0.4 is 5.73 Å². The maximum Gasteiger partial charge on any atom is 0.213 e. The van der Waals surface area contributed by atoms with Crippen molar-refractivity contribution in [2.24, 2.45) is 10.7 Å². The minimum atomic E-state index is -1.41. The molecule has 0 spiro atoms. The molecule has 0 aromatic carbocycles. The Bertz CT molecular complexity index is 342. The summed E-state index contributed by atoms with van der Waals surface area (Å²) in [5.74, 6) is 0.344. The normalized spacial score (nSPS) is 14.1. The molecule has 136 valence electrons. The van der Waals surface area contributed by atoms with Crippen molar-refractivity contribution < 1.29 is 23.7 Å². The van der Waals surface area contributed by atoms with Gasteiger partial charge in [0.15, 0.2) is 8.38 Å². The standard InChI is InChI=1S/C12H24N3O4P.C2H6O/c1-4-11(19-7-8-20(17)18-3)9-15(10-16)6-5-12(13)14-2;1-3-2/h5-6,10-11,17H,4,7-9H2,1-3H3,(H2,13,14);1-2H3/b6-5-;. The largest absolute Gasteiger partial charge is 0.388 e. The Kier molecular flexibility index (Phi) is 18.2. The number of rotatable bonds is 11. The van der Waals surface area contributed by atoms with Crippen LogP contribution in [-0.2, 0) is 18.8 Å². The molecule has 0 heterocycles. The van der Waals surface area contributed by atoms with E-state index in [0.29, 0.717) is 31.6 Å². The molecule has 2 unspecified atom stereocenters. The molecule has 0 aromatic rings. The average molecular weight is 351 g/mol. The van der Waals surface area contributed by atoms with Crippen molar-refractivity contribution in [2.45, 2.75) is 19.4 Å². The van der Waals surface area contributed by atoms with Gasteiger partial charge in [0.05, 0.1) is 19.3 Å². The van der Waals surface area contributed by atoms with E-state index in [1.807, 2.05) is 6.92 Å². The van der Waals surface area contributed by atoms with Crippen LogP contribution in [0.2, 0.25) is 0 Å². The number of hydrogen-bond donors (Lipinski definition) is 2. The lowest BCUT2D eigenvalue weighted by molar-refractivity contribution is -0.117.